The Morgan fingerprint density at radius 1 is 1.21 bits per heavy atom. The summed E-state index contributed by atoms with van der Waals surface area (Å²) in [6.45, 7) is 2.63. The number of thioether (sulfide) groups is 1. The van der Waals surface area contributed by atoms with Crippen LogP contribution in [-0.2, 0) is 14.3 Å². The quantitative estimate of drug-likeness (QED) is 0.244. The fraction of sp³-hybridized carbons (Fsp3) is 0.450. The van der Waals surface area contributed by atoms with E-state index in [0.29, 0.717) is 27.3 Å². The predicted molar refractivity (Wildman–Crippen MR) is 115 cm³/mol. The number of carbonyl (C=O) groups is 2. The minimum atomic E-state index is -0.514. The number of esters is 1. The lowest BCUT2D eigenvalue weighted by atomic mass is 10.1. The lowest BCUT2D eigenvalue weighted by molar-refractivity contribution is -0.143. The standard InChI is InChI=1S/C20H25NO5S2/c1-4-5-6-7-10-26-15-9-8-14(11-16(15)24-2)12-17-19(23)21(20(27)28-17)13-18(22)25-3/h8-9,11-12H,4-7,10,13H2,1-3H3. The second kappa shape index (κ2) is 11.1. The van der Waals surface area contributed by atoms with Crippen molar-refractivity contribution >= 4 is 46.3 Å². The third-order valence-electron chi connectivity index (χ3n) is 4.13. The largest absolute Gasteiger partial charge is 0.493 e. The van der Waals surface area contributed by atoms with Crippen molar-refractivity contribution in [3.05, 3.63) is 28.7 Å². The Balaban J connectivity index is 2.08. The van der Waals surface area contributed by atoms with E-state index in [-0.39, 0.29) is 12.5 Å². The average Bonchev–Trinajstić information content (AvgIpc) is 2.95. The molecule has 1 aliphatic rings. The molecule has 8 heteroatoms. The van der Waals surface area contributed by atoms with Crippen LogP contribution in [0.4, 0.5) is 0 Å². The molecule has 1 saturated heterocycles. The molecule has 1 aromatic rings. The van der Waals surface area contributed by atoms with Crippen LogP contribution in [0.15, 0.2) is 23.1 Å². The van der Waals surface area contributed by atoms with Crippen molar-refractivity contribution in [2.75, 3.05) is 27.4 Å². The van der Waals surface area contributed by atoms with Crippen LogP contribution in [0.3, 0.4) is 0 Å². The summed E-state index contributed by atoms with van der Waals surface area (Å²) in [5.74, 6) is 0.457. The van der Waals surface area contributed by atoms with Gasteiger partial charge in [0.1, 0.15) is 10.9 Å². The number of ether oxygens (including phenoxy) is 3. The van der Waals surface area contributed by atoms with Crippen LogP contribution in [0.25, 0.3) is 6.08 Å². The molecule has 0 N–H and O–H groups in total. The minimum absolute atomic E-state index is 0.188. The van der Waals surface area contributed by atoms with Gasteiger partial charge in [-0.2, -0.15) is 0 Å². The Hall–Kier alpha value is -2.06. The number of benzene rings is 1. The van der Waals surface area contributed by atoms with Gasteiger partial charge in [-0.25, -0.2) is 0 Å². The zero-order valence-corrected chi connectivity index (χ0v) is 18.0. The van der Waals surface area contributed by atoms with E-state index in [1.807, 2.05) is 18.2 Å². The lowest BCUT2D eigenvalue weighted by Gasteiger charge is -2.12. The first-order valence-corrected chi connectivity index (χ1v) is 10.4. The number of methoxy groups -OCH3 is 2. The highest BCUT2D eigenvalue weighted by Gasteiger charge is 2.33. The molecule has 0 bridgehead atoms. The van der Waals surface area contributed by atoms with Gasteiger partial charge in [0.25, 0.3) is 5.91 Å². The summed E-state index contributed by atoms with van der Waals surface area (Å²) < 4.78 is 16.2. The zero-order valence-electron chi connectivity index (χ0n) is 16.4. The molecule has 1 amide bonds. The minimum Gasteiger partial charge on any atom is -0.493 e. The molecule has 2 rings (SSSR count). The van der Waals surface area contributed by atoms with Crippen LogP contribution in [0.2, 0.25) is 0 Å². The van der Waals surface area contributed by atoms with Crippen LogP contribution < -0.4 is 9.47 Å². The second-order valence-electron chi connectivity index (χ2n) is 6.16. The van der Waals surface area contributed by atoms with Crippen LogP contribution in [0.5, 0.6) is 11.5 Å². The van der Waals surface area contributed by atoms with Crippen LogP contribution in [0, 0.1) is 0 Å². The molecule has 28 heavy (non-hydrogen) atoms. The Morgan fingerprint density at radius 2 is 2.00 bits per heavy atom. The first-order chi connectivity index (χ1) is 13.5. The van der Waals surface area contributed by atoms with E-state index < -0.39 is 5.97 Å². The van der Waals surface area contributed by atoms with E-state index in [4.69, 9.17) is 21.7 Å². The molecule has 0 atom stereocenters. The molecule has 6 nitrogen and oxygen atoms in total. The highest BCUT2D eigenvalue weighted by Crippen LogP contribution is 2.34. The highest BCUT2D eigenvalue weighted by molar-refractivity contribution is 8.26. The van der Waals surface area contributed by atoms with Crippen molar-refractivity contribution < 1.29 is 23.8 Å². The third-order valence-corrected chi connectivity index (χ3v) is 5.51. The summed E-state index contributed by atoms with van der Waals surface area (Å²) in [6.07, 6.45) is 6.26. The molecule has 152 valence electrons. The molecule has 0 radical (unpaired) electrons. The van der Waals surface area contributed by atoms with Gasteiger partial charge in [-0.3, -0.25) is 14.5 Å². The Kier molecular flexibility index (Phi) is 8.79. The smallest absolute Gasteiger partial charge is 0.325 e. The summed E-state index contributed by atoms with van der Waals surface area (Å²) >= 11 is 6.36. The molecule has 1 fully saturated rings. The van der Waals surface area contributed by atoms with Gasteiger partial charge in [0.2, 0.25) is 0 Å². The van der Waals surface area contributed by atoms with Gasteiger partial charge in [0, 0.05) is 0 Å². The van der Waals surface area contributed by atoms with Crippen molar-refractivity contribution in [1.29, 1.82) is 0 Å². The first-order valence-electron chi connectivity index (χ1n) is 9.13. The van der Waals surface area contributed by atoms with Crippen molar-refractivity contribution in [2.24, 2.45) is 0 Å². The molecular formula is C20H25NO5S2. The van der Waals surface area contributed by atoms with Gasteiger partial charge in [0.05, 0.1) is 25.7 Å². The summed E-state index contributed by atoms with van der Waals surface area (Å²) in [7, 11) is 2.86. The van der Waals surface area contributed by atoms with Crippen LogP contribution >= 0.6 is 24.0 Å². The molecular weight excluding hydrogens is 398 g/mol. The normalized spacial score (nSPS) is 15.2. The maximum atomic E-state index is 12.5. The third kappa shape index (κ3) is 5.97. The van der Waals surface area contributed by atoms with Gasteiger partial charge in [-0.1, -0.05) is 56.2 Å². The first kappa shape index (κ1) is 22.2. The van der Waals surface area contributed by atoms with Crippen molar-refractivity contribution in [1.82, 2.24) is 4.90 Å². The topological polar surface area (TPSA) is 65.1 Å². The summed E-state index contributed by atoms with van der Waals surface area (Å²) in [6, 6.07) is 5.50. The van der Waals surface area contributed by atoms with Crippen molar-refractivity contribution in [3.63, 3.8) is 0 Å². The monoisotopic (exact) mass is 423 g/mol. The second-order valence-corrected chi connectivity index (χ2v) is 7.84. The predicted octanol–water partition coefficient (Wildman–Crippen LogP) is 4.03. The number of hydrogen-bond acceptors (Lipinski definition) is 7. The number of rotatable bonds is 10. The number of thiocarbonyl (C=S) groups is 1. The van der Waals surface area contributed by atoms with Crippen LogP contribution in [-0.4, -0.2) is 48.5 Å². The van der Waals surface area contributed by atoms with Gasteiger partial charge >= 0.3 is 5.97 Å². The van der Waals surface area contributed by atoms with Crippen LogP contribution in [0.1, 0.15) is 38.2 Å². The molecule has 0 aliphatic carbocycles. The Labute approximate surface area is 175 Å². The van der Waals surface area contributed by atoms with Gasteiger partial charge in [0.15, 0.2) is 11.5 Å². The summed E-state index contributed by atoms with van der Waals surface area (Å²) in [5, 5.41) is 0. The Morgan fingerprint density at radius 3 is 2.68 bits per heavy atom. The van der Waals surface area contributed by atoms with E-state index in [1.165, 1.54) is 24.9 Å². The maximum Gasteiger partial charge on any atom is 0.325 e. The molecule has 1 heterocycles. The van der Waals surface area contributed by atoms with E-state index in [9.17, 15) is 9.59 Å². The number of nitrogens with zero attached hydrogens (tertiary/aromatic N) is 1. The molecule has 0 unspecified atom stereocenters. The lowest BCUT2D eigenvalue weighted by Crippen LogP contribution is -2.33. The van der Waals surface area contributed by atoms with E-state index in [1.54, 1.807) is 13.2 Å². The summed E-state index contributed by atoms with van der Waals surface area (Å²) in [5.41, 5.74) is 0.786. The summed E-state index contributed by atoms with van der Waals surface area (Å²) in [4.78, 5) is 25.6. The zero-order chi connectivity index (χ0) is 20.5. The fourth-order valence-electron chi connectivity index (χ4n) is 2.59. The van der Waals surface area contributed by atoms with E-state index >= 15 is 0 Å². The number of carbonyl (C=O) groups excluding carboxylic acids is 2. The van der Waals surface area contributed by atoms with E-state index in [0.717, 1.165) is 30.2 Å². The van der Waals surface area contributed by atoms with Crippen molar-refractivity contribution in [2.45, 2.75) is 32.6 Å². The number of amides is 1. The van der Waals surface area contributed by atoms with Gasteiger partial charge < -0.3 is 14.2 Å². The molecule has 0 aromatic heterocycles. The molecule has 1 aromatic carbocycles. The number of hydrogen-bond donors (Lipinski definition) is 0. The highest BCUT2D eigenvalue weighted by atomic mass is 32.2. The van der Waals surface area contributed by atoms with Gasteiger partial charge in [-0.15, -0.1) is 0 Å². The average molecular weight is 424 g/mol. The Bertz CT molecular complexity index is 763. The van der Waals surface area contributed by atoms with Crippen molar-refractivity contribution in [3.8, 4) is 11.5 Å². The molecule has 0 spiro atoms. The maximum absolute atomic E-state index is 12.5. The molecule has 1 aliphatic heterocycles. The number of unbranched alkanes of at least 4 members (excludes halogenated alkanes) is 3. The van der Waals surface area contributed by atoms with E-state index in [2.05, 4.69) is 11.7 Å². The fourth-order valence-corrected chi connectivity index (χ4v) is 3.84. The SMILES string of the molecule is CCCCCCOc1ccc(C=C2SC(=S)N(CC(=O)OC)C2=O)cc1OC. The van der Waals surface area contributed by atoms with Gasteiger partial charge in [-0.05, 0) is 30.2 Å². The molecule has 0 saturated carbocycles.